The predicted octanol–water partition coefficient (Wildman–Crippen LogP) is 2.92. The average Bonchev–Trinajstić information content (AvgIpc) is 2.52. The van der Waals surface area contributed by atoms with Crippen LogP contribution in [-0.4, -0.2) is 18.8 Å². The summed E-state index contributed by atoms with van der Waals surface area (Å²) in [6, 6.07) is 14.3. The Labute approximate surface area is 123 Å². The number of rotatable bonds is 6. The number of nitriles is 1. The molecular weight excluding hydrogens is 268 g/mol. The number of nitrogens with zero attached hydrogens (tertiary/aromatic N) is 1. The molecule has 0 spiro atoms. The van der Waals surface area contributed by atoms with E-state index in [9.17, 15) is 5.11 Å². The number of phenolic OH excluding ortho intramolecular Hbond substituents is 1. The number of nitrogens with one attached hydrogen (secondary N) is 1. The van der Waals surface area contributed by atoms with Crippen molar-refractivity contribution in [3.05, 3.63) is 48.0 Å². The van der Waals surface area contributed by atoms with E-state index in [1.807, 2.05) is 18.2 Å². The minimum Gasteiger partial charge on any atom is -0.508 e. The highest BCUT2D eigenvalue weighted by Crippen LogP contribution is 2.24. The maximum Gasteiger partial charge on any atom is 0.174 e. The van der Waals surface area contributed by atoms with Gasteiger partial charge in [0, 0.05) is 23.9 Å². The van der Waals surface area contributed by atoms with Crippen LogP contribution in [0.3, 0.4) is 0 Å². The van der Waals surface area contributed by atoms with Crippen molar-refractivity contribution in [2.75, 3.05) is 19.0 Å². The van der Waals surface area contributed by atoms with Gasteiger partial charge >= 0.3 is 0 Å². The summed E-state index contributed by atoms with van der Waals surface area (Å²) in [7, 11) is 1.58. The predicted molar refractivity (Wildman–Crippen MR) is 79.5 cm³/mol. The van der Waals surface area contributed by atoms with Crippen molar-refractivity contribution in [3.8, 4) is 23.3 Å². The van der Waals surface area contributed by atoms with Crippen molar-refractivity contribution in [2.24, 2.45) is 0 Å². The third-order valence-electron chi connectivity index (χ3n) is 2.91. The number of hydrogen-bond acceptors (Lipinski definition) is 5. The van der Waals surface area contributed by atoms with E-state index in [4.69, 9.17) is 14.7 Å². The summed E-state index contributed by atoms with van der Waals surface area (Å²) >= 11 is 0. The second-order valence-corrected chi connectivity index (χ2v) is 4.32. The van der Waals surface area contributed by atoms with Crippen LogP contribution in [0.2, 0.25) is 0 Å². The molecule has 0 amide bonds. The molecule has 0 heterocycles. The van der Waals surface area contributed by atoms with Gasteiger partial charge in [0.25, 0.3) is 0 Å². The summed E-state index contributed by atoms with van der Waals surface area (Å²) in [5.74, 6) is 1.52. The highest BCUT2D eigenvalue weighted by atomic mass is 16.5. The number of hydrogen-bond donors (Lipinski definition) is 2. The summed E-state index contributed by atoms with van der Waals surface area (Å²) in [4.78, 5) is 0. The summed E-state index contributed by atoms with van der Waals surface area (Å²) < 4.78 is 10.4. The lowest BCUT2D eigenvalue weighted by molar-refractivity contribution is 0.368. The molecule has 0 fully saturated rings. The van der Waals surface area contributed by atoms with Crippen LogP contribution in [0.15, 0.2) is 42.5 Å². The van der Waals surface area contributed by atoms with Crippen LogP contribution in [0.5, 0.6) is 17.2 Å². The highest BCUT2D eigenvalue weighted by molar-refractivity contribution is 5.50. The molecule has 2 aromatic carbocycles. The number of aromatic hydroxyl groups is 1. The lowest BCUT2D eigenvalue weighted by Crippen LogP contribution is -2.01. The van der Waals surface area contributed by atoms with Crippen LogP contribution in [0, 0.1) is 11.3 Å². The molecule has 0 atom stereocenters. The van der Waals surface area contributed by atoms with Gasteiger partial charge in [-0.3, -0.25) is 0 Å². The van der Waals surface area contributed by atoms with Crippen LogP contribution >= 0.6 is 0 Å². The number of ether oxygens (including phenoxy) is 2. The fourth-order valence-corrected chi connectivity index (χ4v) is 1.84. The van der Waals surface area contributed by atoms with E-state index in [0.29, 0.717) is 18.0 Å². The Bertz CT molecular complexity index is 650. The van der Waals surface area contributed by atoms with Gasteiger partial charge in [-0.15, -0.1) is 0 Å². The zero-order chi connectivity index (χ0) is 15.1. The van der Waals surface area contributed by atoms with Gasteiger partial charge in [0.05, 0.1) is 7.11 Å². The third-order valence-corrected chi connectivity index (χ3v) is 2.91. The molecule has 0 radical (unpaired) electrons. The van der Waals surface area contributed by atoms with Crippen molar-refractivity contribution >= 4 is 5.69 Å². The molecule has 0 aliphatic carbocycles. The van der Waals surface area contributed by atoms with Gasteiger partial charge < -0.3 is 19.9 Å². The summed E-state index contributed by atoms with van der Waals surface area (Å²) in [5.41, 5.74) is 1.57. The van der Waals surface area contributed by atoms with Crippen molar-refractivity contribution < 1.29 is 14.6 Å². The van der Waals surface area contributed by atoms with E-state index in [1.54, 1.807) is 37.4 Å². The van der Waals surface area contributed by atoms with Crippen LogP contribution < -0.4 is 14.8 Å². The minimum absolute atomic E-state index is 0.0140. The van der Waals surface area contributed by atoms with Crippen molar-refractivity contribution in [2.45, 2.75) is 6.54 Å². The van der Waals surface area contributed by atoms with Crippen molar-refractivity contribution in [3.63, 3.8) is 0 Å². The Hall–Kier alpha value is -2.87. The number of anilines is 1. The SMILES string of the molecule is COc1ccc(O)c(CNc2cccc(OCC#N)c2)c1. The molecule has 5 heteroatoms. The molecule has 108 valence electrons. The summed E-state index contributed by atoms with van der Waals surface area (Å²) in [5, 5.41) is 21.5. The first-order chi connectivity index (χ1) is 10.2. The van der Waals surface area contributed by atoms with E-state index < -0.39 is 0 Å². The Morgan fingerprint density at radius 2 is 2.05 bits per heavy atom. The third kappa shape index (κ3) is 4.05. The minimum atomic E-state index is 0.0140. The number of phenols is 1. The van der Waals surface area contributed by atoms with Crippen LogP contribution in [0.4, 0.5) is 5.69 Å². The first kappa shape index (κ1) is 14.5. The summed E-state index contributed by atoms with van der Waals surface area (Å²) in [6.07, 6.45) is 0. The topological polar surface area (TPSA) is 74.5 Å². The van der Waals surface area contributed by atoms with Gasteiger partial charge in [0.2, 0.25) is 0 Å². The maximum absolute atomic E-state index is 9.82. The van der Waals surface area contributed by atoms with Gasteiger partial charge in [0.15, 0.2) is 6.61 Å². The molecule has 0 unspecified atom stereocenters. The Morgan fingerprint density at radius 3 is 2.81 bits per heavy atom. The lowest BCUT2D eigenvalue weighted by Gasteiger charge is -2.11. The van der Waals surface area contributed by atoms with Crippen LogP contribution in [-0.2, 0) is 6.54 Å². The van der Waals surface area contributed by atoms with E-state index in [1.165, 1.54) is 0 Å². The molecule has 5 nitrogen and oxygen atoms in total. The second-order valence-electron chi connectivity index (χ2n) is 4.32. The molecule has 2 aromatic rings. The zero-order valence-corrected chi connectivity index (χ0v) is 11.7. The van der Waals surface area contributed by atoms with E-state index in [0.717, 1.165) is 11.3 Å². The average molecular weight is 284 g/mol. The molecule has 0 aromatic heterocycles. The van der Waals surface area contributed by atoms with Gasteiger partial charge in [-0.2, -0.15) is 5.26 Å². The molecular formula is C16H16N2O3. The molecule has 0 aliphatic rings. The van der Waals surface area contributed by atoms with Gasteiger partial charge in [-0.05, 0) is 30.3 Å². The second kappa shape index (κ2) is 7.06. The molecule has 0 aliphatic heterocycles. The quantitative estimate of drug-likeness (QED) is 0.853. The van der Waals surface area contributed by atoms with Gasteiger partial charge in [0.1, 0.15) is 23.3 Å². The number of methoxy groups -OCH3 is 1. The first-order valence-electron chi connectivity index (χ1n) is 6.42. The fraction of sp³-hybridized carbons (Fsp3) is 0.188. The maximum atomic E-state index is 9.82. The van der Waals surface area contributed by atoms with E-state index >= 15 is 0 Å². The van der Waals surface area contributed by atoms with Gasteiger partial charge in [-0.25, -0.2) is 0 Å². The van der Waals surface area contributed by atoms with Crippen molar-refractivity contribution in [1.82, 2.24) is 0 Å². The smallest absolute Gasteiger partial charge is 0.174 e. The molecule has 0 bridgehead atoms. The Morgan fingerprint density at radius 1 is 1.19 bits per heavy atom. The van der Waals surface area contributed by atoms with Crippen molar-refractivity contribution in [1.29, 1.82) is 5.26 Å². The first-order valence-corrected chi connectivity index (χ1v) is 6.42. The van der Waals surface area contributed by atoms with E-state index in [-0.39, 0.29) is 12.4 Å². The molecule has 0 saturated carbocycles. The lowest BCUT2D eigenvalue weighted by atomic mass is 10.2. The fourth-order valence-electron chi connectivity index (χ4n) is 1.84. The van der Waals surface area contributed by atoms with E-state index in [2.05, 4.69) is 5.32 Å². The monoisotopic (exact) mass is 284 g/mol. The Balaban J connectivity index is 2.04. The molecule has 0 saturated heterocycles. The molecule has 2 N–H and O–H groups in total. The highest BCUT2D eigenvalue weighted by Gasteiger charge is 2.04. The zero-order valence-electron chi connectivity index (χ0n) is 11.7. The molecule has 21 heavy (non-hydrogen) atoms. The Kier molecular flexibility index (Phi) is 4.89. The largest absolute Gasteiger partial charge is 0.508 e. The summed E-state index contributed by atoms with van der Waals surface area (Å²) in [6.45, 7) is 0.463. The van der Waals surface area contributed by atoms with Gasteiger partial charge in [-0.1, -0.05) is 6.07 Å². The number of benzene rings is 2. The molecule has 2 rings (SSSR count). The normalized spacial score (nSPS) is 9.71. The van der Waals surface area contributed by atoms with Crippen LogP contribution in [0.25, 0.3) is 0 Å². The van der Waals surface area contributed by atoms with Crippen LogP contribution in [0.1, 0.15) is 5.56 Å². The standard InChI is InChI=1S/C16H16N2O3/c1-20-14-5-6-16(19)12(9-14)11-18-13-3-2-4-15(10-13)21-8-7-17/h2-6,9-10,18-19H,8,11H2,1H3.